The second-order valence-electron chi connectivity index (χ2n) is 5.68. The first kappa shape index (κ1) is 10.9. The molecule has 15 heavy (non-hydrogen) atoms. The van der Waals surface area contributed by atoms with Crippen LogP contribution in [0.2, 0.25) is 0 Å². The Bertz CT molecular complexity index is 271. The fraction of sp³-hybridized carbons (Fsp3) is 0.909. The van der Waals surface area contributed by atoms with E-state index in [0.29, 0.717) is 6.54 Å². The number of hydrogen-bond donors (Lipinski definition) is 2. The van der Waals surface area contributed by atoms with E-state index in [-0.39, 0.29) is 17.1 Å². The molecule has 1 atom stereocenters. The maximum Gasteiger partial charge on any atom is 0.235 e. The summed E-state index contributed by atoms with van der Waals surface area (Å²) in [6.07, 6.45) is 2.19. The van der Waals surface area contributed by atoms with E-state index in [4.69, 9.17) is 0 Å². The number of nitrogens with one attached hydrogen (secondary N) is 2. The molecule has 1 amide bonds. The van der Waals surface area contributed by atoms with Crippen LogP contribution in [0.1, 0.15) is 33.6 Å². The number of carbonyl (C=O) groups excluding carboxylic acids is 1. The van der Waals surface area contributed by atoms with Crippen LogP contribution in [0.4, 0.5) is 0 Å². The number of piperidine rings is 1. The first-order valence-corrected chi connectivity index (χ1v) is 5.72. The van der Waals surface area contributed by atoms with Gasteiger partial charge in [0.2, 0.25) is 5.91 Å². The minimum Gasteiger partial charge on any atom is -0.336 e. The van der Waals surface area contributed by atoms with Crippen molar-refractivity contribution >= 4 is 5.91 Å². The van der Waals surface area contributed by atoms with E-state index >= 15 is 0 Å². The molecule has 86 valence electrons. The monoisotopic (exact) mass is 211 g/mol. The Kier molecular flexibility index (Phi) is 2.51. The fourth-order valence-corrected chi connectivity index (χ4v) is 2.48. The Balaban J connectivity index is 2.07. The van der Waals surface area contributed by atoms with Gasteiger partial charge < -0.3 is 5.32 Å². The van der Waals surface area contributed by atoms with Gasteiger partial charge in [0.15, 0.2) is 0 Å². The first-order chi connectivity index (χ1) is 6.91. The van der Waals surface area contributed by atoms with Gasteiger partial charge in [-0.25, -0.2) is 0 Å². The largest absolute Gasteiger partial charge is 0.336 e. The van der Waals surface area contributed by atoms with Crippen LogP contribution >= 0.6 is 0 Å². The Morgan fingerprint density at radius 2 is 2.13 bits per heavy atom. The van der Waals surface area contributed by atoms with Gasteiger partial charge in [-0.05, 0) is 40.2 Å². The minimum atomic E-state index is -0.150. The lowest BCUT2D eigenvalue weighted by Gasteiger charge is -2.46. The summed E-state index contributed by atoms with van der Waals surface area (Å²) in [4.78, 5) is 13.7. The fourth-order valence-electron chi connectivity index (χ4n) is 2.48. The predicted octanol–water partition coefficient (Wildman–Crippen LogP) is 0.296. The Morgan fingerprint density at radius 3 is 2.67 bits per heavy atom. The van der Waals surface area contributed by atoms with Crippen molar-refractivity contribution in [3.63, 3.8) is 0 Å². The highest BCUT2D eigenvalue weighted by atomic mass is 16.2. The summed E-state index contributed by atoms with van der Waals surface area (Å²) in [6.45, 7) is 9.19. The molecule has 2 N–H and O–H groups in total. The molecule has 0 bridgehead atoms. The van der Waals surface area contributed by atoms with E-state index in [1.807, 2.05) is 0 Å². The molecule has 2 aliphatic rings. The lowest BCUT2D eigenvalue weighted by atomic mass is 9.94. The molecule has 0 radical (unpaired) electrons. The molecule has 2 rings (SSSR count). The highest BCUT2D eigenvalue weighted by molar-refractivity contribution is 5.81. The van der Waals surface area contributed by atoms with Crippen molar-refractivity contribution in [1.82, 2.24) is 15.5 Å². The van der Waals surface area contributed by atoms with Gasteiger partial charge in [0, 0.05) is 12.1 Å². The van der Waals surface area contributed by atoms with Gasteiger partial charge in [0.05, 0.1) is 6.54 Å². The van der Waals surface area contributed by atoms with Crippen LogP contribution in [0.25, 0.3) is 0 Å². The van der Waals surface area contributed by atoms with Crippen LogP contribution in [-0.2, 0) is 4.79 Å². The van der Waals surface area contributed by atoms with Crippen molar-refractivity contribution in [3.8, 4) is 0 Å². The zero-order chi connectivity index (χ0) is 11.1. The van der Waals surface area contributed by atoms with Crippen LogP contribution in [-0.4, -0.2) is 41.6 Å². The predicted molar refractivity (Wildman–Crippen MR) is 59.4 cm³/mol. The molecule has 1 unspecified atom stereocenters. The molecule has 4 nitrogen and oxygen atoms in total. The number of likely N-dealkylation sites (tertiary alicyclic amines) is 1. The topological polar surface area (TPSA) is 44.4 Å². The third-order valence-corrected chi connectivity index (χ3v) is 3.41. The summed E-state index contributed by atoms with van der Waals surface area (Å²) < 4.78 is 0. The highest BCUT2D eigenvalue weighted by Crippen LogP contribution is 2.26. The van der Waals surface area contributed by atoms with Gasteiger partial charge >= 0.3 is 0 Å². The summed E-state index contributed by atoms with van der Waals surface area (Å²) in [5.41, 5.74) is 0.0328. The quantitative estimate of drug-likeness (QED) is 0.605. The van der Waals surface area contributed by atoms with Crippen LogP contribution in [0, 0.1) is 0 Å². The van der Waals surface area contributed by atoms with Crippen molar-refractivity contribution in [2.45, 2.75) is 44.8 Å². The third-order valence-electron chi connectivity index (χ3n) is 3.41. The maximum absolute atomic E-state index is 11.3. The van der Waals surface area contributed by atoms with Crippen molar-refractivity contribution in [2.75, 3.05) is 19.6 Å². The number of nitrogens with zero attached hydrogens (tertiary/aromatic N) is 1. The summed E-state index contributed by atoms with van der Waals surface area (Å²) in [7, 11) is 0. The zero-order valence-electron chi connectivity index (χ0n) is 9.89. The average molecular weight is 211 g/mol. The summed E-state index contributed by atoms with van der Waals surface area (Å²) >= 11 is 0. The summed E-state index contributed by atoms with van der Waals surface area (Å²) in [5, 5.41) is 6.40. The van der Waals surface area contributed by atoms with Crippen molar-refractivity contribution in [3.05, 3.63) is 0 Å². The van der Waals surface area contributed by atoms with E-state index in [9.17, 15) is 4.79 Å². The molecule has 2 heterocycles. The van der Waals surface area contributed by atoms with E-state index in [1.165, 1.54) is 0 Å². The van der Waals surface area contributed by atoms with E-state index in [0.717, 1.165) is 25.9 Å². The maximum atomic E-state index is 11.3. The molecule has 0 aromatic rings. The van der Waals surface area contributed by atoms with Gasteiger partial charge in [-0.3, -0.25) is 15.0 Å². The molecule has 2 aliphatic heterocycles. The lowest BCUT2D eigenvalue weighted by Crippen LogP contribution is -2.63. The Hall–Kier alpha value is -0.610. The van der Waals surface area contributed by atoms with Crippen LogP contribution in [0.5, 0.6) is 0 Å². The van der Waals surface area contributed by atoms with Gasteiger partial charge in [-0.15, -0.1) is 0 Å². The van der Waals surface area contributed by atoms with Crippen LogP contribution in [0.15, 0.2) is 0 Å². The van der Waals surface area contributed by atoms with E-state index < -0.39 is 0 Å². The minimum absolute atomic E-state index is 0.130. The Morgan fingerprint density at radius 1 is 1.40 bits per heavy atom. The highest BCUT2D eigenvalue weighted by Gasteiger charge is 2.42. The number of amides is 1. The molecule has 0 saturated carbocycles. The van der Waals surface area contributed by atoms with E-state index in [2.05, 4.69) is 36.3 Å². The molecule has 2 saturated heterocycles. The molecule has 0 aromatic heterocycles. The van der Waals surface area contributed by atoms with Crippen molar-refractivity contribution in [2.24, 2.45) is 0 Å². The number of carbonyl (C=O) groups is 1. The van der Waals surface area contributed by atoms with Crippen molar-refractivity contribution < 1.29 is 4.79 Å². The van der Waals surface area contributed by atoms with Gasteiger partial charge in [-0.2, -0.15) is 0 Å². The van der Waals surface area contributed by atoms with Crippen LogP contribution in [0.3, 0.4) is 0 Å². The molecule has 2 fully saturated rings. The molecular weight excluding hydrogens is 190 g/mol. The smallest absolute Gasteiger partial charge is 0.235 e. The standard InChI is InChI=1S/C11H21N3O/c1-10(2,3)14-6-4-5-11(8-14)12-7-9(15)13-11/h12H,4-8H2,1-3H3,(H,13,15). The Labute approximate surface area is 91.4 Å². The lowest BCUT2D eigenvalue weighted by molar-refractivity contribution is -0.119. The average Bonchev–Trinajstić information content (AvgIpc) is 2.46. The molecule has 4 heteroatoms. The summed E-state index contributed by atoms with van der Waals surface area (Å²) in [5.74, 6) is 0.130. The third kappa shape index (κ3) is 2.16. The SMILES string of the molecule is CC(C)(C)N1CCCC2(C1)NCC(=O)N2. The normalized spacial score (nSPS) is 33.4. The second kappa shape index (κ2) is 3.46. The molecular formula is C11H21N3O. The summed E-state index contributed by atoms with van der Waals surface area (Å²) in [6, 6.07) is 0. The molecule has 0 aliphatic carbocycles. The van der Waals surface area contributed by atoms with Gasteiger partial charge in [-0.1, -0.05) is 0 Å². The first-order valence-electron chi connectivity index (χ1n) is 5.72. The molecule has 0 aromatic carbocycles. The second-order valence-corrected chi connectivity index (χ2v) is 5.68. The number of rotatable bonds is 0. The molecule has 1 spiro atoms. The number of hydrogen-bond acceptors (Lipinski definition) is 3. The van der Waals surface area contributed by atoms with E-state index in [1.54, 1.807) is 0 Å². The van der Waals surface area contributed by atoms with Crippen LogP contribution < -0.4 is 10.6 Å². The van der Waals surface area contributed by atoms with Gasteiger partial charge in [0.1, 0.15) is 5.66 Å². The van der Waals surface area contributed by atoms with Gasteiger partial charge in [0.25, 0.3) is 0 Å². The van der Waals surface area contributed by atoms with Crippen molar-refractivity contribution in [1.29, 1.82) is 0 Å². The zero-order valence-corrected chi connectivity index (χ0v) is 9.89.